The summed E-state index contributed by atoms with van der Waals surface area (Å²) in [5.41, 5.74) is 10.3. The van der Waals surface area contributed by atoms with E-state index >= 15 is 0 Å². The normalized spacial score (nSPS) is 13.3. The summed E-state index contributed by atoms with van der Waals surface area (Å²) in [5, 5.41) is 4.41. The smallest absolute Gasteiger partial charge is 0.269 e. The number of halogens is 3. The van der Waals surface area contributed by atoms with Gasteiger partial charge in [-0.1, -0.05) is 34.4 Å². The van der Waals surface area contributed by atoms with Gasteiger partial charge in [-0.25, -0.2) is 4.39 Å². The Morgan fingerprint density at radius 1 is 1.17 bits per heavy atom. The van der Waals surface area contributed by atoms with Crippen LogP contribution in [0.4, 0.5) is 4.39 Å². The predicted molar refractivity (Wildman–Crippen MR) is 88.8 cm³/mol. The van der Waals surface area contributed by atoms with E-state index in [9.17, 15) is 4.39 Å². The summed E-state index contributed by atoms with van der Waals surface area (Å²) >= 11 is 12.2. The number of rotatable bonds is 4. The Balaban J connectivity index is 2.13. The first-order valence-electron chi connectivity index (χ1n) is 6.84. The largest absolute Gasteiger partial charge is 0.455 e. The fourth-order valence-electron chi connectivity index (χ4n) is 2.43. The molecule has 0 amide bonds. The van der Waals surface area contributed by atoms with Gasteiger partial charge in [0.05, 0.1) is 12.1 Å². The molecule has 1 aliphatic heterocycles. The third-order valence-corrected chi connectivity index (χ3v) is 4.02. The van der Waals surface area contributed by atoms with Gasteiger partial charge in [-0.05, 0) is 40.9 Å². The molecule has 122 valence electrons. The van der Waals surface area contributed by atoms with Crippen LogP contribution >= 0.6 is 23.2 Å². The van der Waals surface area contributed by atoms with Crippen LogP contribution in [0.1, 0.15) is 17.4 Å². The molecular formula is C16H10Cl2FN3O2. The van der Waals surface area contributed by atoms with Crippen LogP contribution in [0, 0.1) is 5.82 Å². The van der Waals surface area contributed by atoms with Crippen molar-refractivity contribution < 1.29 is 13.9 Å². The van der Waals surface area contributed by atoms with Crippen LogP contribution in [-0.4, -0.2) is 0 Å². The maximum Gasteiger partial charge on any atom is 0.269 e. The van der Waals surface area contributed by atoms with Gasteiger partial charge >= 0.3 is 0 Å². The molecule has 0 spiro atoms. The quantitative estimate of drug-likeness (QED) is 0.371. The second-order valence-electron chi connectivity index (χ2n) is 4.92. The summed E-state index contributed by atoms with van der Waals surface area (Å²) in [7, 11) is 0. The molecule has 5 nitrogen and oxygen atoms in total. The number of nitrogens with zero attached hydrogens (tertiary/aromatic N) is 3. The third kappa shape index (κ3) is 3.26. The molecule has 0 bridgehead atoms. The summed E-state index contributed by atoms with van der Waals surface area (Å²) in [4.78, 5) is 2.72. The molecule has 2 aromatic rings. The van der Waals surface area contributed by atoms with Gasteiger partial charge in [-0.3, -0.25) is 0 Å². The van der Waals surface area contributed by atoms with Crippen molar-refractivity contribution >= 4 is 23.2 Å². The molecule has 1 aliphatic rings. The molecule has 0 saturated heterocycles. The lowest BCUT2D eigenvalue weighted by Gasteiger charge is -2.17. The number of ether oxygens (including phenoxy) is 2. The first-order chi connectivity index (χ1) is 11.6. The standard InChI is InChI=1S/C16H10Cl2FN3O2/c17-11-1-2-13(18)12(7-11)9-5-10(8-21-22-20)15(14(19)6-9)16-23-3-4-24-16/h1-7,16H,8H2. The molecule has 0 N–H and O–H groups in total. The van der Waals surface area contributed by atoms with Crippen LogP contribution in [0.15, 0.2) is 48.0 Å². The molecule has 0 atom stereocenters. The monoisotopic (exact) mass is 365 g/mol. The predicted octanol–water partition coefficient (Wildman–Crippen LogP) is 6.13. The fraction of sp³-hybridized carbons (Fsp3) is 0.125. The Bertz CT molecular complexity index is 859. The highest BCUT2D eigenvalue weighted by Gasteiger charge is 2.25. The average Bonchev–Trinajstić information content (AvgIpc) is 3.08. The number of hydrogen-bond acceptors (Lipinski definition) is 3. The molecule has 8 heteroatoms. The van der Waals surface area contributed by atoms with Crippen molar-refractivity contribution in [2.45, 2.75) is 12.8 Å². The highest BCUT2D eigenvalue weighted by atomic mass is 35.5. The molecular weight excluding hydrogens is 356 g/mol. The van der Waals surface area contributed by atoms with E-state index in [0.717, 1.165) is 0 Å². The Morgan fingerprint density at radius 2 is 1.92 bits per heavy atom. The average molecular weight is 366 g/mol. The SMILES string of the molecule is [N-]=[N+]=NCc1cc(-c2cc(Cl)ccc2Cl)cc(F)c1C1OC=CO1. The van der Waals surface area contributed by atoms with E-state index in [-0.39, 0.29) is 12.1 Å². The van der Waals surface area contributed by atoms with Crippen molar-refractivity contribution in [2.24, 2.45) is 5.11 Å². The van der Waals surface area contributed by atoms with Crippen LogP contribution in [-0.2, 0) is 16.0 Å². The summed E-state index contributed by atoms with van der Waals surface area (Å²) in [6, 6.07) is 7.91. The fourth-order valence-corrected chi connectivity index (χ4v) is 2.83. The second-order valence-corrected chi connectivity index (χ2v) is 5.76. The second kappa shape index (κ2) is 7.01. The maximum atomic E-state index is 14.7. The minimum absolute atomic E-state index is 0.0575. The Labute approximate surface area is 146 Å². The van der Waals surface area contributed by atoms with E-state index in [2.05, 4.69) is 10.0 Å². The van der Waals surface area contributed by atoms with Gasteiger partial charge in [0, 0.05) is 20.5 Å². The number of hydrogen-bond donors (Lipinski definition) is 0. The minimum atomic E-state index is -0.919. The van der Waals surface area contributed by atoms with Crippen LogP contribution in [0.3, 0.4) is 0 Å². The van der Waals surface area contributed by atoms with Gasteiger partial charge < -0.3 is 9.47 Å². The van der Waals surface area contributed by atoms with Gasteiger partial charge in [0.15, 0.2) is 0 Å². The van der Waals surface area contributed by atoms with Crippen LogP contribution < -0.4 is 0 Å². The Kier molecular flexibility index (Phi) is 4.81. The molecule has 0 fully saturated rings. The molecule has 0 radical (unpaired) electrons. The van der Waals surface area contributed by atoms with Gasteiger partial charge in [0.1, 0.15) is 18.3 Å². The lowest BCUT2D eigenvalue weighted by molar-refractivity contribution is -0.0277. The van der Waals surface area contributed by atoms with Gasteiger partial charge in [-0.2, -0.15) is 0 Å². The summed E-state index contributed by atoms with van der Waals surface area (Å²) in [6.45, 7) is -0.0575. The van der Waals surface area contributed by atoms with Gasteiger partial charge in [0.2, 0.25) is 0 Å². The van der Waals surface area contributed by atoms with Crippen molar-refractivity contribution in [2.75, 3.05) is 0 Å². The molecule has 0 aromatic heterocycles. The zero-order valence-electron chi connectivity index (χ0n) is 12.1. The Morgan fingerprint density at radius 3 is 2.62 bits per heavy atom. The van der Waals surface area contributed by atoms with Crippen LogP contribution in [0.2, 0.25) is 10.0 Å². The molecule has 0 aliphatic carbocycles. The summed E-state index contributed by atoms with van der Waals surface area (Å²) in [5.74, 6) is -0.555. The lowest BCUT2D eigenvalue weighted by atomic mass is 9.98. The van der Waals surface area contributed by atoms with E-state index < -0.39 is 12.1 Å². The van der Waals surface area contributed by atoms with Crippen molar-refractivity contribution in [3.63, 3.8) is 0 Å². The molecule has 0 unspecified atom stereocenters. The lowest BCUT2D eigenvalue weighted by Crippen LogP contribution is -2.06. The third-order valence-electron chi connectivity index (χ3n) is 3.45. The van der Waals surface area contributed by atoms with Crippen LogP contribution in [0.25, 0.3) is 21.6 Å². The highest BCUT2D eigenvalue weighted by molar-refractivity contribution is 6.35. The maximum absolute atomic E-state index is 14.7. The van der Waals surface area contributed by atoms with Crippen LogP contribution in [0.5, 0.6) is 0 Å². The zero-order chi connectivity index (χ0) is 17.1. The van der Waals surface area contributed by atoms with Gasteiger partial charge in [0.25, 0.3) is 6.29 Å². The first-order valence-corrected chi connectivity index (χ1v) is 7.60. The molecule has 1 heterocycles. The van der Waals surface area contributed by atoms with Gasteiger partial charge in [-0.15, -0.1) is 0 Å². The molecule has 3 rings (SSSR count). The van der Waals surface area contributed by atoms with Crippen molar-refractivity contribution in [1.29, 1.82) is 0 Å². The molecule has 2 aromatic carbocycles. The van der Waals surface area contributed by atoms with Crippen molar-refractivity contribution in [1.82, 2.24) is 0 Å². The summed E-state index contributed by atoms with van der Waals surface area (Å²) < 4.78 is 25.1. The van der Waals surface area contributed by atoms with E-state index in [1.54, 1.807) is 24.3 Å². The zero-order valence-corrected chi connectivity index (χ0v) is 13.6. The van der Waals surface area contributed by atoms with Crippen molar-refractivity contribution in [3.8, 4) is 11.1 Å². The number of benzene rings is 2. The summed E-state index contributed by atoms with van der Waals surface area (Å²) in [6.07, 6.45) is 1.73. The topological polar surface area (TPSA) is 67.2 Å². The Hall–Kier alpha value is -2.40. The highest BCUT2D eigenvalue weighted by Crippen LogP contribution is 2.36. The molecule has 0 saturated carbocycles. The van der Waals surface area contributed by atoms with E-state index in [1.807, 2.05) is 0 Å². The molecule has 24 heavy (non-hydrogen) atoms. The minimum Gasteiger partial charge on any atom is -0.455 e. The van der Waals surface area contributed by atoms with E-state index in [0.29, 0.717) is 26.7 Å². The van der Waals surface area contributed by atoms with Crippen molar-refractivity contribution in [3.05, 3.63) is 80.3 Å². The first kappa shape index (κ1) is 16.5. The van der Waals surface area contributed by atoms with E-state index in [4.69, 9.17) is 38.2 Å². The number of azide groups is 1. The van der Waals surface area contributed by atoms with E-state index in [1.165, 1.54) is 18.6 Å².